The zero-order valence-electron chi connectivity index (χ0n) is 15.2. The Kier molecular flexibility index (Phi) is 4.00. The van der Waals surface area contributed by atoms with Gasteiger partial charge in [0.25, 0.3) is 10.0 Å². The second kappa shape index (κ2) is 6.24. The summed E-state index contributed by atoms with van der Waals surface area (Å²) < 4.78 is 31.1. The number of benzene rings is 1. The van der Waals surface area contributed by atoms with Gasteiger partial charge in [0, 0.05) is 36.9 Å². The highest BCUT2D eigenvalue weighted by molar-refractivity contribution is 7.92. The van der Waals surface area contributed by atoms with Crippen molar-refractivity contribution in [1.29, 1.82) is 0 Å². The van der Waals surface area contributed by atoms with Gasteiger partial charge in [-0.3, -0.25) is 4.72 Å². The minimum atomic E-state index is -3.72. The van der Waals surface area contributed by atoms with Gasteiger partial charge in [0.1, 0.15) is 11.5 Å². The molecule has 27 heavy (non-hydrogen) atoms. The zero-order chi connectivity index (χ0) is 19.2. The molecule has 1 aromatic carbocycles. The number of hydrogen-bond acceptors (Lipinski definition) is 4. The second-order valence-corrected chi connectivity index (χ2v) is 8.15. The van der Waals surface area contributed by atoms with Gasteiger partial charge >= 0.3 is 0 Å². The van der Waals surface area contributed by atoms with Crippen LogP contribution in [0.4, 0.5) is 5.69 Å². The van der Waals surface area contributed by atoms with Crippen LogP contribution in [0.3, 0.4) is 0 Å². The molecular formula is C19H19N5O2S. The van der Waals surface area contributed by atoms with Crippen LogP contribution >= 0.6 is 0 Å². The Morgan fingerprint density at radius 3 is 2.41 bits per heavy atom. The predicted octanol–water partition coefficient (Wildman–Crippen LogP) is 3.15. The molecule has 0 radical (unpaired) electrons. The Balaban J connectivity index is 1.59. The number of aryl methyl sites for hydroxylation is 3. The number of fused-ring (bicyclic) bond motifs is 1. The highest BCUT2D eigenvalue weighted by atomic mass is 32.2. The van der Waals surface area contributed by atoms with Crippen molar-refractivity contribution in [2.24, 2.45) is 7.05 Å². The van der Waals surface area contributed by atoms with E-state index >= 15 is 0 Å². The molecule has 0 unspecified atom stereocenters. The fourth-order valence-electron chi connectivity index (χ4n) is 2.80. The fourth-order valence-corrected chi connectivity index (χ4v) is 3.90. The molecule has 3 heterocycles. The van der Waals surface area contributed by atoms with E-state index in [-0.39, 0.29) is 5.03 Å². The Hall–Kier alpha value is -3.13. The first-order valence-electron chi connectivity index (χ1n) is 8.40. The van der Waals surface area contributed by atoms with Gasteiger partial charge in [0.05, 0.1) is 5.69 Å². The maximum Gasteiger partial charge on any atom is 0.280 e. The third-order valence-corrected chi connectivity index (χ3v) is 5.66. The van der Waals surface area contributed by atoms with Crippen LogP contribution in [0, 0.1) is 13.8 Å². The standard InChI is InChI=1S/C19H19N5O2S/c1-13-8-9-24-11-17(21-18(24)10-13)15-4-6-16(7-5-15)22-27(25,26)19-12-23(3)14(2)20-19/h4-12,22H,1-3H3. The van der Waals surface area contributed by atoms with Crippen molar-refractivity contribution in [3.05, 3.63) is 66.4 Å². The number of sulfonamides is 1. The lowest BCUT2D eigenvalue weighted by molar-refractivity contribution is 0.598. The van der Waals surface area contributed by atoms with E-state index in [9.17, 15) is 8.42 Å². The monoisotopic (exact) mass is 381 g/mol. The molecule has 3 aromatic heterocycles. The van der Waals surface area contributed by atoms with Gasteiger partial charge in [-0.25, -0.2) is 9.97 Å². The smallest absolute Gasteiger partial charge is 0.280 e. The Bertz CT molecular complexity index is 1220. The summed E-state index contributed by atoms with van der Waals surface area (Å²) in [4.78, 5) is 8.69. The highest BCUT2D eigenvalue weighted by Crippen LogP contribution is 2.23. The lowest BCUT2D eigenvalue weighted by atomic mass is 10.1. The van der Waals surface area contributed by atoms with Crippen molar-refractivity contribution in [2.75, 3.05) is 4.72 Å². The number of rotatable bonds is 4. The van der Waals surface area contributed by atoms with Crippen LogP contribution in [-0.2, 0) is 17.1 Å². The van der Waals surface area contributed by atoms with Gasteiger partial charge in [0.15, 0.2) is 5.03 Å². The molecule has 0 aliphatic carbocycles. The number of imidazole rings is 2. The summed E-state index contributed by atoms with van der Waals surface area (Å²) in [5.41, 5.74) is 4.24. The number of anilines is 1. The van der Waals surface area contributed by atoms with Gasteiger partial charge in [-0.05, 0) is 43.7 Å². The number of hydrogen-bond donors (Lipinski definition) is 1. The topological polar surface area (TPSA) is 81.3 Å². The molecule has 0 spiro atoms. The molecular weight excluding hydrogens is 362 g/mol. The van der Waals surface area contributed by atoms with Crippen molar-refractivity contribution in [3.8, 4) is 11.3 Å². The molecule has 7 nitrogen and oxygen atoms in total. The Morgan fingerprint density at radius 1 is 1.00 bits per heavy atom. The normalized spacial score (nSPS) is 11.8. The molecule has 0 aliphatic rings. The summed E-state index contributed by atoms with van der Waals surface area (Å²) in [5, 5.41) is 0.00213. The first-order chi connectivity index (χ1) is 12.8. The van der Waals surface area contributed by atoms with Crippen LogP contribution in [0.15, 0.2) is 60.0 Å². The van der Waals surface area contributed by atoms with E-state index in [1.54, 1.807) is 30.7 Å². The number of pyridine rings is 1. The van der Waals surface area contributed by atoms with Crippen LogP contribution in [-0.4, -0.2) is 27.4 Å². The maximum atomic E-state index is 12.5. The van der Waals surface area contributed by atoms with E-state index in [2.05, 4.69) is 14.7 Å². The van der Waals surface area contributed by atoms with E-state index in [1.807, 2.05) is 48.0 Å². The molecule has 0 saturated carbocycles. The molecule has 1 N–H and O–H groups in total. The number of nitrogens with one attached hydrogen (secondary N) is 1. The van der Waals surface area contributed by atoms with Crippen LogP contribution in [0.1, 0.15) is 11.4 Å². The molecule has 0 bridgehead atoms. The molecule has 138 valence electrons. The fraction of sp³-hybridized carbons (Fsp3) is 0.158. The van der Waals surface area contributed by atoms with Crippen LogP contribution in [0.2, 0.25) is 0 Å². The summed E-state index contributed by atoms with van der Waals surface area (Å²) in [5.74, 6) is 0.632. The van der Waals surface area contributed by atoms with Gasteiger partial charge in [-0.15, -0.1) is 0 Å². The lowest BCUT2D eigenvalue weighted by Crippen LogP contribution is -2.13. The van der Waals surface area contributed by atoms with Crippen molar-refractivity contribution in [2.45, 2.75) is 18.9 Å². The SMILES string of the molecule is Cc1ccn2cc(-c3ccc(NS(=O)(=O)c4cn(C)c(C)n4)cc3)nc2c1. The van der Waals surface area contributed by atoms with Crippen molar-refractivity contribution in [1.82, 2.24) is 18.9 Å². The summed E-state index contributed by atoms with van der Waals surface area (Å²) in [6, 6.07) is 11.2. The third kappa shape index (κ3) is 3.31. The van der Waals surface area contributed by atoms with Crippen molar-refractivity contribution < 1.29 is 8.42 Å². The van der Waals surface area contributed by atoms with Crippen LogP contribution < -0.4 is 4.72 Å². The van der Waals surface area contributed by atoms with E-state index in [0.29, 0.717) is 11.5 Å². The first kappa shape index (κ1) is 17.3. The molecule has 4 rings (SSSR count). The van der Waals surface area contributed by atoms with Crippen molar-refractivity contribution >= 4 is 21.4 Å². The number of nitrogens with zero attached hydrogens (tertiary/aromatic N) is 4. The van der Waals surface area contributed by atoms with Crippen molar-refractivity contribution in [3.63, 3.8) is 0 Å². The Labute approximate surface area is 157 Å². The zero-order valence-corrected chi connectivity index (χ0v) is 16.0. The van der Waals surface area contributed by atoms with E-state index in [1.165, 1.54) is 6.20 Å². The van der Waals surface area contributed by atoms with Gasteiger partial charge < -0.3 is 8.97 Å². The summed E-state index contributed by atoms with van der Waals surface area (Å²) in [6.07, 6.45) is 5.41. The average Bonchev–Trinajstić information content (AvgIpc) is 3.19. The largest absolute Gasteiger partial charge is 0.337 e. The molecule has 0 atom stereocenters. The van der Waals surface area contributed by atoms with E-state index < -0.39 is 10.0 Å². The van der Waals surface area contributed by atoms with E-state index in [0.717, 1.165) is 22.5 Å². The summed E-state index contributed by atoms with van der Waals surface area (Å²) >= 11 is 0. The summed E-state index contributed by atoms with van der Waals surface area (Å²) in [6.45, 7) is 3.78. The minimum Gasteiger partial charge on any atom is -0.337 e. The maximum absolute atomic E-state index is 12.5. The second-order valence-electron chi connectivity index (χ2n) is 6.52. The average molecular weight is 381 g/mol. The quantitative estimate of drug-likeness (QED) is 0.589. The molecule has 8 heteroatoms. The van der Waals surface area contributed by atoms with Gasteiger partial charge in [-0.1, -0.05) is 12.1 Å². The molecule has 4 aromatic rings. The van der Waals surface area contributed by atoms with Crippen LogP contribution in [0.25, 0.3) is 16.9 Å². The number of aromatic nitrogens is 4. The molecule has 0 aliphatic heterocycles. The lowest BCUT2D eigenvalue weighted by Gasteiger charge is -2.06. The van der Waals surface area contributed by atoms with Crippen LogP contribution in [0.5, 0.6) is 0 Å². The van der Waals surface area contributed by atoms with Gasteiger partial charge in [0.2, 0.25) is 0 Å². The third-order valence-electron chi connectivity index (χ3n) is 4.41. The van der Waals surface area contributed by atoms with E-state index in [4.69, 9.17) is 0 Å². The highest BCUT2D eigenvalue weighted by Gasteiger charge is 2.18. The van der Waals surface area contributed by atoms with Gasteiger partial charge in [-0.2, -0.15) is 8.42 Å². The molecule has 0 fully saturated rings. The summed E-state index contributed by atoms with van der Waals surface area (Å²) in [7, 11) is -1.96. The Morgan fingerprint density at radius 2 is 1.74 bits per heavy atom. The molecule has 0 saturated heterocycles. The predicted molar refractivity (Wildman–Crippen MR) is 104 cm³/mol. The first-order valence-corrected chi connectivity index (χ1v) is 9.89. The molecule has 0 amide bonds. The minimum absolute atomic E-state index is 0.00213.